The van der Waals surface area contributed by atoms with Gasteiger partial charge >= 0.3 is 0 Å². The Morgan fingerprint density at radius 3 is 0.831 bits per heavy atom. The Hall–Kier alpha value is -8.06. The molecule has 0 aliphatic rings. The van der Waals surface area contributed by atoms with Crippen LogP contribution in [0.15, 0.2) is 84.9 Å². The van der Waals surface area contributed by atoms with Crippen LogP contribution in [0.1, 0.15) is 83.5 Å². The molecule has 0 atom stereocenters. The largest absolute Gasteiger partial charge is 0.507 e. The average Bonchev–Trinajstić information content (AvgIpc) is 3.25. The third-order valence-electron chi connectivity index (χ3n) is 11.4. The Morgan fingerprint density at radius 2 is 0.508 bits per heavy atom. The van der Waals surface area contributed by atoms with Crippen molar-refractivity contribution in [2.75, 3.05) is 0 Å². The van der Waals surface area contributed by atoms with Crippen LogP contribution in [0.2, 0.25) is 0 Å². The van der Waals surface area contributed by atoms with Crippen LogP contribution >= 0.6 is 0 Å². The van der Waals surface area contributed by atoms with Gasteiger partial charge in [0, 0.05) is 48.8 Å². The van der Waals surface area contributed by atoms with Crippen molar-refractivity contribution in [2.45, 2.75) is 66.7 Å². The lowest BCUT2D eigenvalue weighted by Crippen LogP contribution is -2.00. The fraction of sp³-hybridized carbons (Fsp3) is 0.192. The highest BCUT2D eigenvalue weighted by Crippen LogP contribution is 2.43. The highest BCUT2D eigenvalue weighted by molar-refractivity contribution is 5.60. The van der Waals surface area contributed by atoms with Crippen LogP contribution in [0.3, 0.4) is 0 Å². The van der Waals surface area contributed by atoms with Gasteiger partial charge in [0.2, 0.25) is 17.2 Å². The van der Waals surface area contributed by atoms with Gasteiger partial charge in [-0.05, 0) is 114 Å². The molecule has 0 saturated carbocycles. The Kier molecular flexibility index (Phi) is 13.4. The van der Waals surface area contributed by atoms with E-state index in [9.17, 15) is 66.4 Å². The smallest absolute Gasteiger partial charge is 0.200 e. The molecule has 0 unspecified atom stereocenters. The van der Waals surface area contributed by atoms with E-state index in [0.717, 1.165) is 50.1 Å². The van der Waals surface area contributed by atoms with Gasteiger partial charge in [-0.3, -0.25) is 0 Å². The van der Waals surface area contributed by atoms with Gasteiger partial charge in [0.1, 0.15) is 23.0 Å². The SMILES string of the molecule is Cc1cc(Cc2cc(C)c(O)c(C)c2)c(O)c(Cc2cc(C)c(O)c(C)c2)c1.Oc1ccc(Cc2cc(Cc3ccc(O)c(O)c3O)c(O)c(Cc3ccc(O)c(O)c3O)c2)c(O)c1O. The molecular formula is C52H52O13. The summed E-state index contributed by atoms with van der Waals surface area (Å²) in [7, 11) is 0. The minimum atomic E-state index is -0.720. The molecule has 0 radical (unpaired) electrons. The van der Waals surface area contributed by atoms with E-state index in [0.29, 0.717) is 35.7 Å². The third-order valence-corrected chi connectivity index (χ3v) is 11.4. The van der Waals surface area contributed by atoms with Crippen molar-refractivity contribution in [3.63, 3.8) is 0 Å². The molecule has 0 heterocycles. The molecule has 0 amide bonds. The van der Waals surface area contributed by atoms with Crippen LogP contribution in [0.25, 0.3) is 0 Å². The molecular weight excluding hydrogens is 833 g/mol. The third kappa shape index (κ3) is 10.1. The molecule has 0 aromatic heterocycles. The summed E-state index contributed by atoms with van der Waals surface area (Å²) in [5.74, 6) is -4.60. The van der Waals surface area contributed by atoms with Gasteiger partial charge in [0.25, 0.3) is 0 Å². The standard InChI is InChI=1S/C27H24O10.C25H28O3/c28-18-4-1-13(22(32)25(18)35)7-12-8-16(10-14-2-5-19(29)26(36)23(14)33)21(31)17(9-12)11-15-3-6-20(30)27(37)24(15)34;1-14-6-21(12-19-8-15(2)23(26)16(3)9-19)25(28)22(7-14)13-20-10-17(4)24(27)18(5)11-20/h1-6,8-9,28-37H,7,10-11H2;6-11,26-28H,12-13H2,1-5H3. The summed E-state index contributed by atoms with van der Waals surface area (Å²) < 4.78 is 0. The van der Waals surface area contributed by atoms with E-state index in [1.807, 2.05) is 71.0 Å². The van der Waals surface area contributed by atoms with Gasteiger partial charge in [-0.15, -0.1) is 0 Å². The molecule has 7 aromatic carbocycles. The van der Waals surface area contributed by atoms with Crippen molar-refractivity contribution >= 4 is 0 Å². The monoisotopic (exact) mass is 884 g/mol. The number of hydrogen-bond acceptors (Lipinski definition) is 13. The first-order valence-electron chi connectivity index (χ1n) is 20.5. The number of aryl methyl sites for hydroxylation is 5. The number of rotatable bonds is 10. The second kappa shape index (κ2) is 18.7. The molecule has 7 rings (SSSR count). The fourth-order valence-corrected chi connectivity index (χ4v) is 8.03. The number of benzene rings is 7. The maximum absolute atomic E-state index is 11.1. The van der Waals surface area contributed by atoms with Crippen molar-refractivity contribution in [3.05, 3.63) is 168 Å². The molecule has 0 bridgehead atoms. The zero-order valence-corrected chi connectivity index (χ0v) is 36.4. The van der Waals surface area contributed by atoms with E-state index in [4.69, 9.17) is 0 Å². The Labute approximate surface area is 375 Å². The summed E-state index contributed by atoms with van der Waals surface area (Å²) in [5.41, 5.74) is 10.1. The van der Waals surface area contributed by atoms with Gasteiger partial charge in [0.15, 0.2) is 34.5 Å². The predicted octanol–water partition coefficient (Wildman–Crippen LogP) is 9.04. The zero-order valence-electron chi connectivity index (χ0n) is 36.4. The lowest BCUT2D eigenvalue weighted by atomic mass is 9.92. The number of aromatic hydroxyl groups is 13. The molecule has 338 valence electrons. The summed E-state index contributed by atoms with van der Waals surface area (Å²) in [5, 5.41) is 131. The normalized spacial score (nSPS) is 11.0. The topological polar surface area (TPSA) is 263 Å². The van der Waals surface area contributed by atoms with Gasteiger partial charge < -0.3 is 66.4 Å². The van der Waals surface area contributed by atoms with Crippen molar-refractivity contribution in [1.82, 2.24) is 0 Å². The summed E-state index contributed by atoms with van der Waals surface area (Å²) in [6, 6.07) is 22.8. The van der Waals surface area contributed by atoms with Gasteiger partial charge in [-0.25, -0.2) is 0 Å². The van der Waals surface area contributed by atoms with E-state index < -0.39 is 51.7 Å². The lowest BCUT2D eigenvalue weighted by Gasteiger charge is -2.16. The summed E-state index contributed by atoms with van der Waals surface area (Å²) in [6.07, 6.45) is 1.07. The maximum Gasteiger partial charge on any atom is 0.200 e. The number of hydrogen-bond donors (Lipinski definition) is 13. The second-order valence-electron chi connectivity index (χ2n) is 16.6. The van der Waals surface area contributed by atoms with E-state index in [-0.39, 0.29) is 52.8 Å². The van der Waals surface area contributed by atoms with Crippen molar-refractivity contribution in [2.24, 2.45) is 0 Å². The van der Waals surface area contributed by atoms with E-state index >= 15 is 0 Å². The molecule has 0 fully saturated rings. The second-order valence-corrected chi connectivity index (χ2v) is 16.6. The van der Waals surface area contributed by atoms with Crippen LogP contribution in [0.5, 0.6) is 74.7 Å². The molecule has 0 spiro atoms. The highest BCUT2D eigenvalue weighted by Gasteiger charge is 2.20. The van der Waals surface area contributed by atoms with Gasteiger partial charge in [-0.1, -0.05) is 72.3 Å². The average molecular weight is 885 g/mol. The zero-order chi connectivity index (χ0) is 47.6. The molecule has 0 aliphatic heterocycles. The quantitative estimate of drug-likeness (QED) is 0.0573. The molecule has 0 aliphatic carbocycles. The molecule has 13 N–H and O–H groups in total. The Bertz CT molecular complexity index is 2750. The Balaban J connectivity index is 0.000000224. The first-order valence-corrected chi connectivity index (χ1v) is 20.5. The number of phenols is 13. The van der Waals surface area contributed by atoms with Crippen LogP contribution in [-0.4, -0.2) is 66.4 Å². The molecule has 0 saturated heterocycles. The van der Waals surface area contributed by atoms with Crippen LogP contribution < -0.4 is 0 Å². The van der Waals surface area contributed by atoms with Crippen molar-refractivity contribution in [3.8, 4) is 74.7 Å². The molecule has 13 heteroatoms. The van der Waals surface area contributed by atoms with E-state index in [2.05, 4.69) is 0 Å². The lowest BCUT2D eigenvalue weighted by molar-refractivity contribution is 0.365. The maximum atomic E-state index is 11.1. The van der Waals surface area contributed by atoms with Crippen molar-refractivity contribution in [1.29, 1.82) is 0 Å². The van der Waals surface area contributed by atoms with E-state index in [1.165, 1.54) is 36.4 Å². The fourth-order valence-electron chi connectivity index (χ4n) is 8.03. The highest BCUT2D eigenvalue weighted by atomic mass is 16.3. The van der Waals surface area contributed by atoms with Crippen LogP contribution in [0.4, 0.5) is 0 Å². The molecule has 65 heavy (non-hydrogen) atoms. The minimum absolute atomic E-state index is 0.0412. The van der Waals surface area contributed by atoms with Crippen LogP contribution in [0, 0.1) is 34.6 Å². The summed E-state index contributed by atoms with van der Waals surface area (Å²) >= 11 is 0. The van der Waals surface area contributed by atoms with E-state index in [1.54, 1.807) is 12.1 Å². The van der Waals surface area contributed by atoms with Crippen LogP contribution in [-0.2, 0) is 32.1 Å². The predicted molar refractivity (Wildman–Crippen MR) is 244 cm³/mol. The minimum Gasteiger partial charge on any atom is -0.507 e. The first-order chi connectivity index (χ1) is 30.6. The number of phenolic OH excluding ortho intramolecular Hbond substituents is 13. The van der Waals surface area contributed by atoms with Gasteiger partial charge in [-0.2, -0.15) is 0 Å². The van der Waals surface area contributed by atoms with Gasteiger partial charge in [0.05, 0.1) is 0 Å². The Morgan fingerprint density at radius 1 is 0.246 bits per heavy atom. The summed E-state index contributed by atoms with van der Waals surface area (Å²) in [6.45, 7) is 9.60. The molecule has 7 aromatic rings. The first kappa shape index (κ1) is 46.4. The van der Waals surface area contributed by atoms with Crippen molar-refractivity contribution < 1.29 is 66.4 Å². The summed E-state index contributed by atoms with van der Waals surface area (Å²) in [4.78, 5) is 0. The molecule has 13 nitrogen and oxygen atoms in total.